The summed E-state index contributed by atoms with van der Waals surface area (Å²) in [6.07, 6.45) is 1.92. The van der Waals surface area contributed by atoms with Gasteiger partial charge in [0.15, 0.2) is 0 Å². The molecular weight excluding hydrogens is 370 g/mol. The SMILES string of the molecule is COc1ccc([C@H]2CCCN2C(=O)c2ccc(Br)cc2)c(OC)c1. The van der Waals surface area contributed by atoms with Gasteiger partial charge in [-0.1, -0.05) is 15.9 Å². The Balaban J connectivity index is 1.90. The Hall–Kier alpha value is -2.01. The molecule has 1 atom stereocenters. The topological polar surface area (TPSA) is 38.8 Å². The zero-order valence-electron chi connectivity index (χ0n) is 13.8. The van der Waals surface area contributed by atoms with Gasteiger partial charge in [-0.05, 0) is 49.2 Å². The number of halogens is 1. The largest absolute Gasteiger partial charge is 0.497 e. The van der Waals surface area contributed by atoms with Gasteiger partial charge in [0.1, 0.15) is 11.5 Å². The van der Waals surface area contributed by atoms with Crippen LogP contribution in [0.5, 0.6) is 11.5 Å². The predicted octanol–water partition coefficient (Wildman–Crippen LogP) is 4.44. The molecule has 0 N–H and O–H groups in total. The molecule has 0 aromatic heterocycles. The van der Waals surface area contributed by atoms with E-state index in [1.165, 1.54) is 0 Å². The van der Waals surface area contributed by atoms with Crippen LogP contribution in [0.25, 0.3) is 0 Å². The maximum atomic E-state index is 12.9. The van der Waals surface area contributed by atoms with Gasteiger partial charge in [0, 0.05) is 28.2 Å². The van der Waals surface area contributed by atoms with Crippen LogP contribution < -0.4 is 9.47 Å². The molecule has 0 bridgehead atoms. The van der Waals surface area contributed by atoms with E-state index in [4.69, 9.17) is 9.47 Å². The molecule has 0 unspecified atom stereocenters. The van der Waals surface area contributed by atoms with Crippen molar-refractivity contribution in [1.29, 1.82) is 0 Å². The first-order valence-electron chi connectivity index (χ1n) is 7.92. The molecule has 2 aromatic carbocycles. The lowest BCUT2D eigenvalue weighted by Crippen LogP contribution is -2.30. The van der Waals surface area contributed by atoms with Crippen molar-refractivity contribution in [3.8, 4) is 11.5 Å². The second-order valence-electron chi connectivity index (χ2n) is 5.77. The average molecular weight is 390 g/mol. The van der Waals surface area contributed by atoms with Crippen molar-refractivity contribution in [2.24, 2.45) is 0 Å². The van der Waals surface area contributed by atoms with Gasteiger partial charge in [0.2, 0.25) is 0 Å². The van der Waals surface area contributed by atoms with Crippen molar-refractivity contribution in [3.05, 3.63) is 58.1 Å². The fraction of sp³-hybridized carbons (Fsp3) is 0.316. The van der Waals surface area contributed by atoms with Crippen LogP contribution in [0.15, 0.2) is 46.9 Å². The third-order valence-corrected chi connectivity index (χ3v) is 4.93. The number of ether oxygens (including phenoxy) is 2. The number of benzene rings is 2. The van der Waals surface area contributed by atoms with Crippen LogP contribution in [0.2, 0.25) is 0 Å². The normalized spacial score (nSPS) is 17.0. The monoisotopic (exact) mass is 389 g/mol. The number of rotatable bonds is 4. The highest BCUT2D eigenvalue weighted by Gasteiger charge is 2.32. The summed E-state index contributed by atoms with van der Waals surface area (Å²) in [6, 6.07) is 13.3. The van der Waals surface area contributed by atoms with Gasteiger partial charge in [-0.25, -0.2) is 0 Å². The van der Waals surface area contributed by atoms with Crippen LogP contribution in [0.1, 0.15) is 34.8 Å². The van der Waals surface area contributed by atoms with Gasteiger partial charge in [-0.3, -0.25) is 4.79 Å². The van der Waals surface area contributed by atoms with Crippen molar-refractivity contribution in [2.45, 2.75) is 18.9 Å². The second kappa shape index (κ2) is 7.26. The van der Waals surface area contributed by atoms with Gasteiger partial charge in [0.05, 0.1) is 20.3 Å². The van der Waals surface area contributed by atoms with Crippen LogP contribution >= 0.6 is 15.9 Å². The van der Waals surface area contributed by atoms with E-state index in [-0.39, 0.29) is 11.9 Å². The Labute approximate surface area is 150 Å². The number of amides is 1. The minimum atomic E-state index is 0.0296. The van der Waals surface area contributed by atoms with E-state index in [1.807, 2.05) is 47.4 Å². The quantitative estimate of drug-likeness (QED) is 0.775. The van der Waals surface area contributed by atoms with Crippen LogP contribution in [0.3, 0.4) is 0 Å². The Bertz CT molecular complexity index is 730. The van der Waals surface area contributed by atoms with Crippen LogP contribution in [-0.4, -0.2) is 31.6 Å². The summed E-state index contributed by atoms with van der Waals surface area (Å²) in [7, 11) is 3.28. The minimum Gasteiger partial charge on any atom is -0.497 e. The number of hydrogen-bond donors (Lipinski definition) is 0. The lowest BCUT2D eigenvalue weighted by molar-refractivity contribution is 0.0734. The second-order valence-corrected chi connectivity index (χ2v) is 6.69. The van der Waals surface area contributed by atoms with Crippen LogP contribution in [-0.2, 0) is 0 Å². The molecule has 5 heteroatoms. The highest BCUT2D eigenvalue weighted by Crippen LogP contribution is 2.39. The third-order valence-electron chi connectivity index (χ3n) is 4.40. The van der Waals surface area contributed by atoms with Gasteiger partial charge >= 0.3 is 0 Å². The fourth-order valence-corrected chi connectivity index (χ4v) is 3.45. The Morgan fingerprint density at radius 2 is 1.88 bits per heavy atom. The van der Waals surface area contributed by atoms with E-state index in [2.05, 4.69) is 15.9 Å². The van der Waals surface area contributed by atoms with E-state index in [1.54, 1.807) is 14.2 Å². The number of carbonyl (C=O) groups excluding carboxylic acids is 1. The summed E-state index contributed by atoms with van der Waals surface area (Å²) >= 11 is 3.41. The standard InChI is InChI=1S/C19H20BrNO3/c1-23-15-9-10-16(18(12-15)24-2)17-4-3-11-21(17)19(22)13-5-7-14(20)8-6-13/h5-10,12,17H,3-4,11H2,1-2H3/t17-/m1/s1. The molecule has 1 saturated heterocycles. The highest BCUT2D eigenvalue weighted by molar-refractivity contribution is 9.10. The van der Waals surface area contributed by atoms with Crippen molar-refractivity contribution < 1.29 is 14.3 Å². The summed E-state index contributed by atoms with van der Waals surface area (Å²) < 4.78 is 11.8. The molecule has 2 aromatic rings. The molecule has 126 valence electrons. The number of nitrogens with zero attached hydrogens (tertiary/aromatic N) is 1. The molecule has 1 fully saturated rings. The van der Waals surface area contributed by atoms with E-state index < -0.39 is 0 Å². The molecule has 1 amide bonds. The molecule has 24 heavy (non-hydrogen) atoms. The maximum Gasteiger partial charge on any atom is 0.254 e. The van der Waals surface area contributed by atoms with E-state index >= 15 is 0 Å². The zero-order valence-corrected chi connectivity index (χ0v) is 15.4. The van der Waals surface area contributed by atoms with E-state index in [9.17, 15) is 4.79 Å². The van der Waals surface area contributed by atoms with Gasteiger partial charge in [-0.2, -0.15) is 0 Å². The van der Waals surface area contributed by atoms with E-state index in [0.29, 0.717) is 5.56 Å². The number of hydrogen-bond acceptors (Lipinski definition) is 3. The molecule has 0 spiro atoms. The molecule has 3 rings (SSSR count). The lowest BCUT2D eigenvalue weighted by Gasteiger charge is -2.26. The summed E-state index contributed by atoms with van der Waals surface area (Å²) in [5.74, 6) is 1.57. The van der Waals surface area contributed by atoms with Gasteiger partial charge in [0.25, 0.3) is 5.91 Å². The lowest BCUT2D eigenvalue weighted by atomic mass is 10.0. The summed E-state index contributed by atoms with van der Waals surface area (Å²) in [5.41, 5.74) is 1.74. The zero-order chi connectivity index (χ0) is 17.1. The van der Waals surface area contributed by atoms with Crippen molar-refractivity contribution in [1.82, 2.24) is 4.90 Å². The summed E-state index contributed by atoms with van der Waals surface area (Å²) in [5, 5.41) is 0. The minimum absolute atomic E-state index is 0.0296. The Kier molecular flexibility index (Phi) is 5.09. The first-order chi connectivity index (χ1) is 11.6. The Morgan fingerprint density at radius 3 is 2.54 bits per heavy atom. The summed E-state index contributed by atoms with van der Waals surface area (Å²) in [6.45, 7) is 0.759. The van der Waals surface area contributed by atoms with E-state index in [0.717, 1.165) is 40.9 Å². The first-order valence-corrected chi connectivity index (χ1v) is 8.72. The smallest absolute Gasteiger partial charge is 0.254 e. The highest BCUT2D eigenvalue weighted by atomic mass is 79.9. The van der Waals surface area contributed by atoms with Crippen molar-refractivity contribution >= 4 is 21.8 Å². The molecule has 0 radical (unpaired) electrons. The Morgan fingerprint density at radius 1 is 1.12 bits per heavy atom. The number of likely N-dealkylation sites (tertiary alicyclic amines) is 1. The first kappa shape index (κ1) is 16.8. The number of methoxy groups -OCH3 is 2. The predicted molar refractivity (Wildman–Crippen MR) is 96.7 cm³/mol. The molecule has 1 aliphatic heterocycles. The molecule has 0 aliphatic carbocycles. The third kappa shape index (κ3) is 3.26. The molecule has 1 heterocycles. The maximum absolute atomic E-state index is 12.9. The van der Waals surface area contributed by atoms with Crippen LogP contribution in [0.4, 0.5) is 0 Å². The molecule has 1 aliphatic rings. The molecule has 4 nitrogen and oxygen atoms in total. The molecular formula is C19H20BrNO3. The van der Waals surface area contributed by atoms with Crippen molar-refractivity contribution in [3.63, 3.8) is 0 Å². The van der Waals surface area contributed by atoms with Crippen LogP contribution in [0, 0.1) is 0 Å². The fourth-order valence-electron chi connectivity index (χ4n) is 3.19. The average Bonchev–Trinajstić information content (AvgIpc) is 3.10. The number of carbonyl (C=O) groups is 1. The molecule has 0 saturated carbocycles. The van der Waals surface area contributed by atoms with Gasteiger partial charge < -0.3 is 14.4 Å². The summed E-state index contributed by atoms with van der Waals surface area (Å²) in [4.78, 5) is 14.8. The van der Waals surface area contributed by atoms with Gasteiger partial charge in [-0.15, -0.1) is 0 Å². The van der Waals surface area contributed by atoms with Crippen molar-refractivity contribution in [2.75, 3.05) is 20.8 Å².